The van der Waals surface area contributed by atoms with Crippen molar-refractivity contribution >= 4 is 6.08 Å². The summed E-state index contributed by atoms with van der Waals surface area (Å²) in [6, 6.07) is 8.24. The molecule has 3 nitrogen and oxygen atoms in total. The van der Waals surface area contributed by atoms with E-state index in [0.717, 1.165) is 25.4 Å². The summed E-state index contributed by atoms with van der Waals surface area (Å²) in [7, 11) is 1.72. The van der Waals surface area contributed by atoms with E-state index in [1.54, 1.807) is 7.11 Å². The SMILES string of the molecule is CCOc1ccc(C=C(CNCCOC)C(C)C)cc1. The van der Waals surface area contributed by atoms with Crippen molar-refractivity contribution < 1.29 is 9.47 Å². The van der Waals surface area contributed by atoms with Crippen molar-refractivity contribution in [3.8, 4) is 5.75 Å². The second-order valence-electron chi connectivity index (χ2n) is 5.05. The van der Waals surface area contributed by atoms with E-state index in [-0.39, 0.29) is 0 Å². The van der Waals surface area contributed by atoms with Gasteiger partial charge < -0.3 is 14.8 Å². The maximum Gasteiger partial charge on any atom is 0.119 e. The molecule has 1 N–H and O–H groups in total. The highest BCUT2D eigenvalue weighted by Crippen LogP contribution is 2.17. The third-order valence-corrected chi connectivity index (χ3v) is 3.10. The number of rotatable bonds is 9. The summed E-state index contributed by atoms with van der Waals surface area (Å²) in [4.78, 5) is 0. The molecule has 0 atom stereocenters. The minimum atomic E-state index is 0.525. The van der Waals surface area contributed by atoms with Crippen LogP contribution >= 0.6 is 0 Å². The van der Waals surface area contributed by atoms with Gasteiger partial charge in [0.25, 0.3) is 0 Å². The minimum Gasteiger partial charge on any atom is -0.494 e. The molecule has 0 aliphatic heterocycles. The van der Waals surface area contributed by atoms with Gasteiger partial charge in [-0.15, -0.1) is 0 Å². The molecule has 0 aliphatic carbocycles. The lowest BCUT2D eigenvalue weighted by atomic mass is 10.00. The summed E-state index contributed by atoms with van der Waals surface area (Å²) in [5, 5.41) is 3.40. The number of ether oxygens (including phenoxy) is 2. The van der Waals surface area contributed by atoms with Gasteiger partial charge >= 0.3 is 0 Å². The van der Waals surface area contributed by atoms with Crippen molar-refractivity contribution in [2.24, 2.45) is 5.92 Å². The van der Waals surface area contributed by atoms with E-state index in [1.165, 1.54) is 11.1 Å². The van der Waals surface area contributed by atoms with E-state index in [1.807, 2.05) is 19.1 Å². The number of methoxy groups -OCH3 is 1. The molecule has 1 rings (SSSR count). The zero-order chi connectivity index (χ0) is 14.8. The number of hydrogen-bond donors (Lipinski definition) is 1. The van der Waals surface area contributed by atoms with Crippen LogP contribution in [0.25, 0.3) is 6.08 Å². The van der Waals surface area contributed by atoms with Crippen LogP contribution < -0.4 is 10.1 Å². The molecule has 1 aromatic rings. The van der Waals surface area contributed by atoms with Gasteiger partial charge in [0.2, 0.25) is 0 Å². The highest BCUT2D eigenvalue weighted by atomic mass is 16.5. The van der Waals surface area contributed by atoms with Gasteiger partial charge in [-0.1, -0.05) is 37.6 Å². The van der Waals surface area contributed by atoms with E-state index in [9.17, 15) is 0 Å². The van der Waals surface area contributed by atoms with E-state index < -0.39 is 0 Å². The van der Waals surface area contributed by atoms with Crippen molar-refractivity contribution in [1.82, 2.24) is 5.32 Å². The molecule has 0 bridgehead atoms. The number of benzene rings is 1. The fourth-order valence-electron chi connectivity index (χ4n) is 1.87. The third kappa shape index (κ3) is 6.22. The Labute approximate surface area is 123 Å². The molecule has 0 fully saturated rings. The summed E-state index contributed by atoms with van der Waals surface area (Å²) in [5.41, 5.74) is 2.61. The van der Waals surface area contributed by atoms with Crippen LogP contribution in [0.15, 0.2) is 29.8 Å². The minimum absolute atomic E-state index is 0.525. The van der Waals surface area contributed by atoms with Crippen molar-refractivity contribution in [2.75, 3.05) is 33.4 Å². The first-order valence-electron chi connectivity index (χ1n) is 7.30. The molecule has 0 aliphatic rings. The third-order valence-electron chi connectivity index (χ3n) is 3.10. The summed E-state index contributed by atoms with van der Waals surface area (Å²) < 4.78 is 10.5. The highest BCUT2D eigenvalue weighted by Gasteiger charge is 2.03. The lowest BCUT2D eigenvalue weighted by molar-refractivity contribution is 0.200. The average molecular weight is 277 g/mol. The molecule has 0 heterocycles. The Bertz CT molecular complexity index is 396. The normalized spacial score (nSPS) is 11.9. The molecule has 0 saturated carbocycles. The van der Waals surface area contributed by atoms with Gasteiger partial charge in [-0.05, 0) is 30.5 Å². The van der Waals surface area contributed by atoms with Gasteiger partial charge in [-0.3, -0.25) is 0 Å². The molecule has 0 spiro atoms. The molecule has 3 heteroatoms. The first-order valence-corrected chi connectivity index (χ1v) is 7.30. The smallest absolute Gasteiger partial charge is 0.119 e. The van der Waals surface area contributed by atoms with Crippen LogP contribution in [0.5, 0.6) is 5.75 Å². The molecular weight excluding hydrogens is 250 g/mol. The lowest BCUT2D eigenvalue weighted by Crippen LogP contribution is -2.23. The summed E-state index contributed by atoms with van der Waals surface area (Å²) in [5.74, 6) is 1.45. The number of nitrogens with one attached hydrogen (secondary N) is 1. The van der Waals surface area contributed by atoms with Crippen molar-refractivity contribution in [3.05, 3.63) is 35.4 Å². The van der Waals surface area contributed by atoms with Gasteiger partial charge in [0.15, 0.2) is 0 Å². The van der Waals surface area contributed by atoms with Crippen LogP contribution in [0.3, 0.4) is 0 Å². The molecular formula is C17H27NO2. The first-order chi connectivity index (χ1) is 9.67. The van der Waals surface area contributed by atoms with Crippen LogP contribution in [-0.2, 0) is 4.74 Å². The maximum absolute atomic E-state index is 5.46. The highest BCUT2D eigenvalue weighted by molar-refractivity contribution is 5.54. The Morgan fingerprint density at radius 3 is 2.50 bits per heavy atom. The molecule has 112 valence electrons. The predicted molar refractivity (Wildman–Crippen MR) is 85.2 cm³/mol. The second kappa shape index (κ2) is 9.56. The molecule has 0 amide bonds. The zero-order valence-electron chi connectivity index (χ0n) is 13.1. The quantitative estimate of drug-likeness (QED) is 0.702. The van der Waals surface area contributed by atoms with Crippen molar-refractivity contribution in [3.63, 3.8) is 0 Å². The van der Waals surface area contributed by atoms with Crippen LogP contribution in [-0.4, -0.2) is 33.4 Å². The fraction of sp³-hybridized carbons (Fsp3) is 0.529. The van der Waals surface area contributed by atoms with Gasteiger partial charge in [0, 0.05) is 20.2 Å². The van der Waals surface area contributed by atoms with Crippen molar-refractivity contribution in [1.29, 1.82) is 0 Å². The van der Waals surface area contributed by atoms with Crippen molar-refractivity contribution in [2.45, 2.75) is 20.8 Å². The summed E-state index contributed by atoms with van der Waals surface area (Å²) in [6.07, 6.45) is 2.25. The average Bonchev–Trinajstić information content (AvgIpc) is 2.44. The Hall–Kier alpha value is -1.32. The van der Waals surface area contributed by atoms with Crippen LogP contribution in [0.2, 0.25) is 0 Å². The van der Waals surface area contributed by atoms with E-state index in [4.69, 9.17) is 9.47 Å². The predicted octanol–water partition coefficient (Wildman–Crippen LogP) is 3.36. The Balaban J connectivity index is 2.64. The molecule has 1 aromatic carbocycles. The van der Waals surface area contributed by atoms with Crippen LogP contribution in [0.1, 0.15) is 26.3 Å². The molecule has 0 saturated heterocycles. The fourth-order valence-corrected chi connectivity index (χ4v) is 1.87. The molecule has 20 heavy (non-hydrogen) atoms. The monoisotopic (exact) mass is 277 g/mol. The van der Waals surface area contributed by atoms with E-state index >= 15 is 0 Å². The summed E-state index contributed by atoms with van der Waals surface area (Å²) >= 11 is 0. The van der Waals surface area contributed by atoms with Gasteiger partial charge in [0.1, 0.15) is 5.75 Å². The first kappa shape index (κ1) is 16.7. The zero-order valence-corrected chi connectivity index (χ0v) is 13.1. The standard InChI is InChI=1S/C17H27NO2/c1-5-20-17-8-6-15(7-9-17)12-16(14(2)3)13-18-10-11-19-4/h6-9,12,14,18H,5,10-11,13H2,1-4H3. The molecule has 0 aromatic heterocycles. The summed E-state index contributed by atoms with van der Waals surface area (Å²) in [6.45, 7) is 9.66. The van der Waals surface area contributed by atoms with Gasteiger partial charge in [-0.2, -0.15) is 0 Å². The Kier molecular flexibility index (Phi) is 8.00. The second-order valence-corrected chi connectivity index (χ2v) is 5.05. The number of hydrogen-bond acceptors (Lipinski definition) is 3. The van der Waals surface area contributed by atoms with Crippen LogP contribution in [0, 0.1) is 5.92 Å². The Morgan fingerprint density at radius 1 is 1.25 bits per heavy atom. The van der Waals surface area contributed by atoms with E-state index in [0.29, 0.717) is 12.5 Å². The topological polar surface area (TPSA) is 30.5 Å². The van der Waals surface area contributed by atoms with Gasteiger partial charge in [-0.25, -0.2) is 0 Å². The molecule has 0 unspecified atom stereocenters. The largest absolute Gasteiger partial charge is 0.494 e. The van der Waals surface area contributed by atoms with E-state index in [2.05, 4.69) is 37.4 Å². The lowest BCUT2D eigenvalue weighted by Gasteiger charge is -2.13. The van der Waals surface area contributed by atoms with Gasteiger partial charge in [0.05, 0.1) is 13.2 Å². The van der Waals surface area contributed by atoms with Crippen LogP contribution in [0.4, 0.5) is 0 Å². The molecule has 0 radical (unpaired) electrons. The Morgan fingerprint density at radius 2 is 1.95 bits per heavy atom. The maximum atomic E-state index is 5.46.